The molecule has 1 aliphatic carbocycles. The Labute approximate surface area is 99.4 Å². The predicted molar refractivity (Wildman–Crippen MR) is 66.5 cm³/mol. The molecular weight excluding hydrogens is 200 g/mol. The van der Waals surface area contributed by atoms with Gasteiger partial charge in [-0.15, -0.1) is 0 Å². The number of hydrogen-bond acceptors (Lipinski definition) is 3. The zero-order valence-electron chi connectivity index (χ0n) is 10.7. The van der Waals surface area contributed by atoms with Crippen molar-refractivity contribution in [3.8, 4) is 0 Å². The lowest BCUT2D eigenvalue weighted by molar-refractivity contribution is 0.0643. The second-order valence-corrected chi connectivity index (χ2v) is 5.51. The molecule has 3 nitrogen and oxygen atoms in total. The molecular formula is C13H26N2O. The molecule has 0 radical (unpaired) electrons. The zero-order chi connectivity index (χ0) is 11.5. The van der Waals surface area contributed by atoms with E-state index in [4.69, 9.17) is 0 Å². The smallest absolute Gasteiger partial charge is 0.0695 e. The molecule has 2 fully saturated rings. The highest BCUT2D eigenvalue weighted by Gasteiger charge is 2.32. The summed E-state index contributed by atoms with van der Waals surface area (Å²) in [6, 6.07) is 0.691. The number of likely N-dealkylation sites (tertiary alicyclic amines) is 1. The minimum absolute atomic E-state index is 0.0748. The quantitative estimate of drug-likeness (QED) is 0.762. The van der Waals surface area contributed by atoms with Crippen molar-refractivity contribution in [2.24, 2.45) is 5.92 Å². The van der Waals surface area contributed by atoms with E-state index in [1.165, 1.54) is 45.3 Å². The summed E-state index contributed by atoms with van der Waals surface area (Å²) in [4.78, 5) is 4.90. The number of rotatable bonds is 5. The Morgan fingerprint density at radius 2 is 1.88 bits per heavy atom. The summed E-state index contributed by atoms with van der Waals surface area (Å²) in [5.74, 6) is 0.609. The number of nitrogens with zero attached hydrogens (tertiary/aromatic N) is 2. The van der Waals surface area contributed by atoms with Crippen molar-refractivity contribution in [2.45, 2.75) is 44.8 Å². The number of hydrogen-bond donors (Lipinski definition) is 1. The molecule has 2 rings (SSSR count). The fourth-order valence-electron chi connectivity index (χ4n) is 2.75. The summed E-state index contributed by atoms with van der Waals surface area (Å²) in [7, 11) is 2.18. The van der Waals surface area contributed by atoms with Gasteiger partial charge in [0, 0.05) is 12.6 Å². The highest BCUT2D eigenvalue weighted by atomic mass is 16.3. The van der Waals surface area contributed by atoms with Crippen molar-refractivity contribution in [3.05, 3.63) is 0 Å². The van der Waals surface area contributed by atoms with E-state index in [2.05, 4.69) is 23.8 Å². The van der Waals surface area contributed by atoms with Crippen LogP contribution in [0.2, 0.25) is 0 Å². The highest BCUT2D eigenvalue weighted by molar-refractivity contribution is 4.85. The first-order chi connectivity index (χ1) is 7.70. The van der Waals surface area contributed by atoms with Gasteiger partial charge in [0.25, 0.3) is 0 Å². The maximum Gasteiger partial charge on any atom is 0.0695 e. The number of aliphatic hydroxyl groups is 1. The van der Waals surface area contributed by atoms with Crippen LogP contribution in [0.3, 0.4) is 0 Å². The number of piperidine rings is 1. The predicted octanol–water partition coefficient (Wildman–Crippen LogP) is 1.17. The molecule has 0 bridgehead atoms. The van der Waals surface area contributed by atoms with Gasteiger partial charge in [-0.1, -0.05) is 6.92 Å². The molecule has 0 amide bonds. The third-order valence-electron chi connectivity index (χ3n) is 4.27. The average molecular weight is 226 g/mol. The topological polar surface area (TPSA) is 26.7 Å². The Balaban J connectivity index is 1.70. The molecule has 1 saturated heterocycles. The van der Waals surface area contributed by atoms with Crippen molar-refractivity contribution in [2.75, 3.05) is 33.2 Å². The maximum absolute atomic E-state index is 9.94. The van der Waals surface area contributed by atoms with Crippen LogP contribution in [0.25, 0.3) is 0 Å². The molecule has 1 saturated carbocycles. The van der Waals surface area contributed by atoms with E-state index in [0.717, 1.165) is 6.54 Å². The van der Waals surface area contributed by atoms with E-state index < -0.39 is 0 Å². The van der Waals surface area contributed by atoms with Gasteiger partial charge in [0.05, 0.1) is 6.10 Å². The van der Waals surface area contributed by atoms with Crippen LogP contribution in [0.1, 0.15) is 32.6 Å². The first-order valence-electron chi connectivity index (χ1n) is 6.81. The number of likely N-dealkylation sites (N-methyl/N-ethyl adjacent to an activating group) is 1. The minimum Gasteiger partial charge on any atom is -0.392 e. The Morgan fingerprint density at radius 1 is 1.25 bits per heavy atom. The van der Waals surface area contributed by atoms with Crippen LogP contribution in [-0.4, -0.2) is 60.3 Å². The van der Waals surface area contributed by atoms with Crippen LogP contribution < -0.4 is 0 Å². The molecule has 1 N–H and O–H groups in total. The average Bonchev–Trinajstić information content (AvgIpc) is 3.13. The van der Waals surface area contributed by atoms with Crippen LogP contribution in [0.5, 0.6) is 0 Å². The molecule has 0 aromatic rings. The summed E-state index contributed by atoms with van der Waals surface area (Å²) in [6.45, 7) is 6.75. The van der Waals surface area contributed by atoms with Gasteiger partial charge in [-0.3, -0.25) is 0 Å². The second-order valence-electron chi connectivity index (χ2n) is 5.51. The standard InChI is InChI=1S/C13H26N2O/c1-3-15-8-6-12(7-9-15)14(2)10-13(16)11-4-5-11/h11-13,16H,3-10H2,1-2H3. The maximum atomic E-state index is 9.94. The van der Waals surface area contributed by atoms with Crippen LogP contribution in [0.4, 0.5) is 0 Å². The first kappa shape index (κ1) is 12.3. The van der Waals surface area contributed by atoms with Crippen molar-refractivity contribution >= 4 is 0 Å². The van der Waals surface area contributed by atoms with Crippen molar-refractivity contribution in [1.29, 1.82) is 0 Å². The molecule has 94 valence electrons. The molecule has 2 aliphatic rings. The van der Waals surface area contributed by atoms with E-state index in [-0.39, 0.29) is 6.10 Å². The monoisotopic (exact) mass is 226 g/mol. The van der Waals surface area contributed by atoms with E-state index in [9.17, 15) is 5.11 Å². The number of aliphatic hydroxyl groups excluding tert-OH is 1. The minimum atomic E-state index is -0.0748. The van der Waals surface area contributed by atoms with Crippen LogP contribution in [0, 0.1) is 5.92 Å². The van der Waals surface area contributed by atoms with E-state index in [1.807, 2.05) is 0 Å². The van der Waals surface area contributed by atoms with Gasteiger partial charge in [-0.05, 0) is 58.3 Å². The lowest BCUT2D eigenvalue weighted by Crippen LogP contribution is -2.45. The van der Waals surface area contributed by atoms with Gasteiger partial charge in [-0.2, -0.15) is 0 Å². The molecule has 1 aliphatic heterocycles. The highest BCUT2D eigenvalue weighted by Crippen LogP contribution is 2.33. The Morgan fingerprint density at radius 3 is 2.38 bits per heavy atom. The first-order valence-corrected chi connectivity index (χ1v) is 6.81. The SMILES string of the molecule is CCN1CCC(N(C)CC(O)C2CC2)CC1. The molecule has 1 heterocycles. The molecule has 1 unspecified atom stereocenters. The Kier molecular flexibility index (Phi) is 4.22. The van der Waals surface area contributed by atoms with E-state index in [1.54, 1.807) is 0 Å². The van der Waals surface area contributed by atoms with Crippen LogP contribution >= 0.6 is 0 Å². The normalized spacial score (nSPS) is 26.2. The van der Waals surface area contributed by atoms with Gasteiger partial charge in [0.1, 0.15) is 0 Å². The molecule has 0 spiro atoms. The van der Waals surface area contributed by atoms with Crippen molar-refractivity contribution in [1.82, 2.24) is 9.80 Å². The molecule has 3 heteroatoms. The fourth-order valence-corrected chi connectivity index (χ4v) is 2.75. The largest absolute Gasteiger partial charge is 0.392 e. The van der Waals surface area contributed by atoms with Gasteiger partial charge in [0.15, 0.2) is 0 Å². The van der Waals surface area contributed by atoms with Crippen molar-refractivity contribution < 1.29 is 5.11 Å². The lowest BCUT2D eigenvalue weighted by Gasteiger charge is -2.37. The Hall–Kier alpha value is -0.120. The van der Waals surface area contributed by atoms with Gasteiger partial charge in [-0.25, -0.2) is 0 Å². The third-order valence-corrected chi connectivity index (χ3v) is 4.27. The van der Waals surface area contributed by atoms with E-state index >= 15 is 0 Å². The van der Waals surface area contributed by atoms with Crippen LogP contribution in [0.15, 0.2) is 0 Å². The summed E-state index contributed by atoms with van der Waals surface area (Å²) in [6.07, 6.45) is 4.94. The van der Waals surface area contributed by atoms with Gasteiger partial charge >= 0.3 is 0 Å². The molecule has 0 aromatic heterocycles. The summed E-state index contributed by atoms with van der Waals surface area (Å²) in [5, 5.41) is 9.94. The molecule has 16 heavy (non-hydrogen) atoms. The second kappa shape index (κ2) is 5.48. The van der Waals surface area contributed by atoms with E-state index in [0.29, 0.717) is 12.0 Å². The molecule has 0 aromatic carbocycles. The summed E-state index contributed by atoms with van der Waals surface area (Å²) in [5.41, 5.74) is 0. The van der Waals surface area contributed by atoms with Gasteiger partial charge < -0.3 is 14.9 Å². The zero-order valence-corrected chi connectivity index (χ0v) is 10.7. The van der Waals surface area contributed by atoms with Gasteiger partial charge in [0.2, 0.25) is 0 Å². The fraction of sp³-hybridized carbons (Fsp3) is 1.00. The lowest BCUT2D eigenvalue weighted by atomic mass is 10.0. The summed E-state index contributed by atoms with van der Waals surface area (Å²) >= 11 is 0. The van der Waals surface area contributed by atoms with Crippen molar-refractivity contribution in [3.63, 3.8) is 0 Å². The molecule has 1 atom stereocenters. The summed E-state index contributed by atoms with van der Waals surface area (Å²) < 4.78 is 0. The third kappa shape index (κ3) is 3.19. The Bertz CT molecular complexity index is 210. The van der Waals surface area contributed by atoms with Crippen LogP contribution in [-0.2, 0) is 0 Å².